The molecule has 97 heavy (non-hydrogen) atoms. The van der Waals surface area contributed by atoms with Crippen LogP contribution < -0.4 is 0 Å². The summed E-state index contributed by atoms with van der Waals surface area (Å²) in [6, 6.07) is 0. The third kappa shape index (κ3) is 102. The van der Waals surface area contributed by atoms with Crippen molar-refractivity contribution in [3.63, 3.8) is 0 Å². The van der Waals surface area contributed by atoms with E-state index in [1.165, 1.54) is 0 Å². The Balaban J connectivity index is 4.12. The second-order valence-corrected chi connectivity index (χ2v) is 18.3. The molecule has 0 aromatic heterocycles. The van der Waals surface area contributed by atoms with Crippen molar-refractivity contribution in [3.05, 3.63) is 0 Å². The van der Waals surface area contributed by atoms with Crippen LogP contribution in [0.4, 0.5) is 0 Å². The van der Waals surface area contributed by atoms with Crippen LogP contribution in [0.1, 0.15) is 6.92 Å². The Kier molecular flexibility index (Phi) is 108. The summed E-state index contributed by atoms with van der Waals surface area (Å²) < 4.78 is 5.12. The molecule has 0 aromatic rings. The molecule has 302 valence electrons. The van der Waals surface area contributed by atoms with Crippen LogP contribution in [0.15, 0.2) is 0 Å². The van der Waals surface area contributed by atoms with Gasteiger partial charge in [0.1, 0.15) is 0 Å². The molecule has 0 aliphatic rings. The molecular formula is C2H6B94O. The van der Waals surface area contributed by atoms with Crippen LogP contribution in [0.25, 0.3) is 0 Å². The average Bonchev–Trinajstić information content (AvgIpc) is 3.61. The predicted molar refractivity (Wildman–Crippen MR) is 554 cm³/mol. The van der Waals surface area contributed by atoms with E-state index in [9.17, 15) is 0 Å². The zero-order chi connectivity index (χ0) is 69.2. The fourth-order valence-corrected chi connectivity index (χ4v) is 5.99. The van der Waals surface area contributed by atoms with E-state index in [1.807, 2.05) is 616 Å². The fourth-order valence-electron chi connectivity index (χ4n) is 5.99. The van der Waals surface area contributed by atoms with Crippen molar-refractivity contribution in [2.24, 2.45) is 0 Å². The molecule has 0 aliphatic carbocycles. The van der Waals surface area contributed by atoms with E-state index >= 15 is 0 Å². The number of rotatable bonds is 48. The van der Waals surface area contributed by atoms with Gasteiger partial charge < -0.3 is 0 Å². The van der Waals surface area contributed by atoms with Crippen molar-refractivity contribution < 1.29 is 4.65 Å². The average molecular weight is 1060 g/mol. The van der Waals surface area contributed by atoms with Gasteiger partial charge in [-0.05, 0) is 0 Å². The van der Waals surface area contributed by atoms with Gasteiger partial charge in [-0.3, -0.25) is 0 Å². The Morgan fingerprint density at radius 3 is 0.268 bits per heavy atom. The van der Waals surface area contributed by atoms with Crippen LogP contribution in [0, 0.1) is 0 Å². The molecule has 0 heterocycles. The molecular weight excluding hydrogens is 1060 g/mol. The van der Waals surface area contributed by atoms with E-state index < -0.39 is 0 Å². The molecule has 95 heteroatoms. The third-order valence-electron chi connectivity index (χ3n) is 10.5. The minimum absolute atomic E-state index is 0.683. The molecule has 0 spiro atoms. The standard InChI is InChI=1S/C2H6B94O/c1-2-97-96-95-94-93-92-91-90-89-88-87-86-85-84-83-82-81-80-79-78-77-76-75-74-73-72-71-70-69-68-67-66-65-64-63-62-61-60-59-58-57-56-55-54-53-52-51-50-49-48-47-46-45-44-43-42-41-40-39-38-37-36-35-34-33-32-31-30-29-28-27-26-25-24-23-22-21-20-19-18-17-16-15-14-13-12-11-10-9-8-7-6-5-4-3/h3H,2H2,1H3. The third-order valence-corrected chi connectivity index (χ3v) is 10.5. The molecule has 0 aliphatic heterocycles. The van der Waals surface area contributed by atoms with Crippen molar-refractivity contribution in [1.29, 1.82) is 0 Å². The van der Waals surface area contributed by atoms with E-state index in [4.69, 9.17) is 4.65 Å². The molecule has 0 N–H and O–H groups in total. The van der Waals surface area contributed by atoms with Crippen LogP contribution in [0.3, 0.4) is 0 Å². The van der Waals surface area contributed by atoms with Gasteiger partial charge in [0.15, 0.2) is 0 Å². The maximum absolute atomic E-state index is 5.12. The van der Waals surface area contributed by atoms with Crippen LogP contribution in [0.5, 0.6) is 0 Å². The van der Waals surface area contributed by atoms with Gasteiger partial charge in [-0.2, -0.15) is 0 Å². The molecule has 0 radical (unpaired) electrons. The van der Waals surface area contributed by atoms with E-state index in [1.54, 1.807) is 13.7 Å². The van der Waals surface area contributed by atoms with Crippen molar-refractivity contribution in [2.45, 2.75) is 6.92 Å². The molecule has 0 atom stereocenters. The zero-order valence-electron chi connectivity index (χ0n) is 56.5. The summed E-state index contributed by atoms with van der Waals surface area (Å²) in [5.41, 5.74) is 0. The molecule has 0 fully saturated rings. The second kappa shape index (κ2) is 102. The van der Waals surface area contributed by atoms with Crippen LogP contribution in [0.2, 0.25) is 0 Å². The van der Waals surface area contributed by atoms with Crippen LogP contribution >= 0.6 is 0 Å². The minimum atomic E-state index is 0.683. The topological polar surface area (TPSA) is 9.23 Å². The molecule has 1 nitrogen and oxygen atoms in total. The van der Waals surface area contributed by atoms with Crippen molar-refractivity contribution in [2.75, 3.05) is 6.61 Å². The molecule has 0 bridgehead atoms. The second-order valence-electron chi connectivity index (χ2n) is 18.3. The Morgan fingerprint density at radius 1 is 0.124 bits per heavy atom. The van der Waals surface area contributed by atoms with Gasteiger partial charge in [0.05, 0.1) is 0 Å². The quantitative estimate of drug-likeness (QED) is 0.0552. The molecule has 0 amide bonds. The summed E-state index contributed by atoms with van der Waals surface area (Å²) in [4.78, 5) is 0. The molecule has 0 saturated carbocycles. The predicted octanol–water partition coefficient (Wildman–Crippen LogP) is -35.6. The maximum atomic E-state index is 5.12. The monoisotopic (exact) mass is 1080 g/mol. The summed E-state index contributed by atoms with van der Waals surface area (Å²) in [6.45, 7) is 186. The number of hydrogen-bond donors (Lipinski definition) is 0. The first-order valence-electron chi connectivity index (χ1n) is 32.3. The van der Waals surface area contributed by atoms with Gasteiger partial charge in [0.25, 0.3) is 0 Å². The van der Waals surface area contributed by atoms with E-state index in [0.29, 0.717) is 6.61 Å². The summed E-state index contributed by atoms with van der Waals surface area (Å²) in [5, 5.41) is 0. The zero-order valence-corrected chi connectivity index (χ0v) is 56.5. The molecule has 0 saturated heterocycles. The van der Waals surface area contributed by atoms with Crippen molar-refractivity contribution >= 4 is 630 Å². The first kappa shape index (κ1) is 103. The van der Waals surface area contributed by atoms with E-state index in [-0.39, 0.29) is 0 Å². The van der Waals surface area contributed by atoms with Gasteiger partial charge >= 0.3 is 648 Å². The summed E-state index contributed by atoms with van der Waals surface area (Å²) >= 11 is 0. The first-order valence-corrected chi connectivity index (χ1v) is 32.3. The van der Waals surface area contributed by atoms with Crippen LogP contribution in [-0.4, -0.2) is 637 Å². The summed E-state index contributed by atoms with van der Waals surface area (Å²) in [6.07, 6.45) is 0. The number of hydrogen-bond acceptors (Lipinski definition) is 1. The normalized spacial score (nSPS) is 7.88. The van der Waals surface area contributed by atoms with Crippen LogP contribution in [-0.2, 0) is 4.65 Å². The molecule has 0 rings (SSSR count). The SMILES string of the molecule is B=BB=BB=BB=BB=BB=BB=BB=BB=BB=BB=BB=BB=BB=BB=BB=BB=BB=BB=BB=BB=BB=BB=BB=BB=BB=BB=BB=BB=BB=BB=BB=BB=BB=BB=BB=BB=BB=BB=BB=BB=BB=BB=BB=BB=BB=BB=BOCC. The Bertz CT molecular complexity index is 3540. The molecule has 0 aromatic carbocycles. The van der Waals surface area contributed by atoms with Gasteiger partial charge in [0, 0.05) is 0 Å². The Hall–Kier alpha value is 5.90. The van der Waals surface area contributed by atoms with Gasteiger partial charge in [-0.1, -0.05) is 0 Å². The summed E-state index contributed by atoms with van der Waals surface area (Å²) in [5.74, 6) is 0. The van der Waals surface area contributed by atoms with Gasteiger partial charge in [0.2, 0.25) is 0 Å². The van der Waals surface area contributed by atoms with Crippen molar-refractivity contribution in [1.82, 2.24) is 0 Å². The first-order chi connectivity index (χ1) is 48.4. The van der Waals surface area contributed by atoms with E-state index in [0.717, 1.165) is 0 Å². The Labute approximate surface area is 641 Å². The summed E-state index contributed by atoms with van der Waals surface area (Å²) in [7, 11) is 5.32. The fraction of sp³-hybridized carbons (Fsp3) is 1.00. The van der Waals surface area contributed by atoms with Gasteiger partial charge in [-0.25, -0.2) is 0 Å². The molecule has 0 unspecified atom stereocenters. The van der Waals surface area contributed by atoms with Gasteiger partial charge in [-0.15, -0.1) is 0 Å². The van der Waals surface area contributed by atoms with E-state index in [2.05, 4.69) is 7.37 Å². The van der Waals surface area contributed by atoms with Crippen molar-refractivity contribution in [3.8, 4) is 0 Å². The Morgan fingerprint density at radius 2 is 0.196 bits per heavy atom.